The highest BCUT2D eigenvalue weighted by Gasteiger charge is 2.15. The van der Waals surface area contributed by atoms with Crippen LogP contribution in [0, 0.1) is 0 Å². The summed E-state index contributed by atoms with van der Waals surface area (Å²) < 4.78 is 65.9. The fourth-order valence-electron chi connectivity index (χ4n) is 5.60. The number of unbranched alkanes of at least 4 members (excludes halogenated alkanes) is 15. The third-order valence-corrected chi connectivity index (χ3v) is 8.73. The summed E-state index contributed by atoms with van der Waals surface area (Å²) in [4.78, 5) is 11.6. The summed E-state index contributed by atoms with van der Waals surface area (Å²) >= 11 is 0. The van der Waals surface area contributed by atoms with Crippen LogP contribution in [0.4, 0.5) is 0 Å². The van der Waals surface area contributed by atoms with E-state index >= 15 is 0 Å². The number of ether oxygens (including phenoxy) is 12. The first-order valence-corrected chi connectivity index (χ1v) is 23.0. The molecule has 0 unspecified atom stereocenters. The molecular formula is C45H90O13. The Morgan fingerprint density at radius 1 is 0.293 bits per heavy atom. The van der Waals surface area contributed by atoms with Gasteiger partial charge in [-0.3, -0.25) is 4.79 Å². The molecule has 58 heavy (non-hydrogen) atoms. The Bertz CT molecular complexity index is 784. The maximum atomic E-state index is 11.6. The van der Waals surface area contributed by atoms with Crippen LogP contribution in [0.1, 0.15) is 137 Å². The molecule has 0 rings (SSSR count). The fourth-order valence-corrected chi connectivity index (χ4v) is 5.60. The summed E-state index contributed by atoms with van der Waals surface area (Å²) in [5.74, 6) is -0.262. The van der Waals surface area contributed by atoms with E-state index in [0.717, 1.165) is 13.0 Å². The number of esters is 1. The zero-order chi connectivity index (χ0) is 42.1. The van der Waals surface area contributed by atoms with E-state index in [0.29, 0.717) is 139 Å². The molecule has 0 spiro atoms. The number of hydrogen-bond acceptors (Lipinski definition) is 13. The van der Waals surface area contributed by atoms with Gasteiger partial charge in [-0.15, -0.1) is 0 Å². The molecule has 0 aliphatic rings. The van der Waals surface area contributed by atoms with Crippen LogP contribution >= 0.6 is 0 Å². The van der Waals surface area contributed by atoms with Crippen molar-refractivity contribution >= 4 is 5.97 Å². The molecule has 13 heteroatoms. The predicted octanol–water partition coefficient (Wildman–Crippen LogP) is 8.16. The van der Waals surface area contributed by atoms with Crippen LogP contribution in [0.2, 0.25) is 0 Å². The van der Waals surface area contributed by atoms with E-state index in [4.69, 9.17) is 56.8 Å². The number of carbonyl (C=O) groups excluding carboxylic acids is 1. The number of hydrogen-bond donors (Lipinski definition) is 0. The van der Waals surface area contributed by atoms with Gasteiger partial charge in [-0.25, -0.2) is 0 Å². The van der Waals surface area contributed by atoms with Crippen molar-refractivity contribution < 1.29 is 61.6 Å². The highest BCUT2D eigenvalue weighted by atomic mass is 16.6. The summed E-state index contributed by atoms with van der Waals surface area (Å²) in [6.45, 7) is 19.3. The van der Waals surface area contributed by atoms with Gasteiger partial charge in [0.1, 0.15) is 5.60 Å². The van der Waals surface area contributed by atoms with Crippen molar-refractivity contribution in [2.45, 2.75) is 142 Å². The highest BCUT2D eigenvalue weighted by molar-refractivity contribution is 5.69. The summed E-state index contributed by atoms with van der Waals surface area (Å²) in [6, 6.07) is 0. The van der Waals surface area contributed by atoms with Crippen LogP contribution in [-0.4, -0.2) is 157 Å². The van der Waals surface area contributed by atoms with Crippen LogP contribution in [0.3, 0.4) is 0 Å². The molecule has 0 heterocycles. The Balaban J connectivity index is 3.09. The first kappa shape index (κ1) is 57.0. The van der Waals surface area contributed by atoms with Gasteiger partial charge in [-0.05, 0) is 27.2 Å². The van der Waals surface area contributed by atoms with Crippen molar-refractivity contribution in [1.82, 2.24) is 0 Å². The fraction of sp³-hybridized carbons (Fsp3) is 0.978. The van der Waals surface area contributed by atoms with Gasteiger partial charge >= 0.3 is 5.97 Å². The molecule has 0 saturated heterocycles. The first-order valence-electron chi connectivity index (χ1n) is 23.0. The van der Waals surface area contributed by atoms with Gasteiger partial charge in [0, 0.05) is 6.61 Å². The van der Waals surface area contributed by atoms with Crippen LogP contribution in [0.5, 0.6) is 0 Å². The van der Waals surface area contributed by atoms with Crippen molar-refractivity contribution in [2.75, 3.05) is 145 Å². The summed E-state index contributed by atoms with van der Waals surface area (Å²) in [5.41, 5.74) is -0.473. The normalized spacial score (nSPS) is 11.9. The second-order valence-corrected chi connectivity index (χ2v) is 15.4. The van der Waals surface area contributed by atoms with Crippen LogP contribution in [-0.2, 0) is 61.6 Å². The minimum absolute atomic E-state index is 0.234. The van der Waals surface area contributed by atoms with E-state index in [1.54, 1.807) is 0 Å². The Morgan fingerprint density at radius 3 is 0.741 bits per heavy atom. The molecule has 13 nitrogen and oxygen atoms in total. The predicted molar refractivity (Wildman–Crippen MR) is 229 cm³/mol. The Morgan fingerprint density at radius 2 is 0.500 bits per heavy atom. The summed E-state index contributed by atoms with van der Waals surface area (Å²) in [6.07, 6.45) is 22.4. The molecule has 348 valence electrons. The lowest BCUT2D eigenvalue weighted by atomic mass is 10.0. The third kappa shape index (κ3) is 53.0. The molecule has 0 amide bonds. The van der Waals surface area contributed by atoms with Gasteiger partial charge in [0.2, 0.25) is 0 Å². The molecule has 0 aromatic rings. The molecular weight excluding hydrogens is 748 g/mol. The maximum absolute atomic E-state index is 11.6. The van der Waals surface area contributed by atoms with E-state index in [1.165, 1.54) is 96.3 Å². The van der Waals surface area contributed by atoms with Gasteiger partial charge in [0.25, 0.3) is 0 Å². The van der Waals surface area contributed by atoms with Crippen molar-refractivity contribution in [1.29, 1.82) is 0 Å². The van der Waals surface area contributed by atoms with Crippen molar-refractivity contribution in [3.8, 4) is 0 Å². The van der Waals surface area contributed by atoms with Crippen LogP contribution in [0.25, 0.3) is 0 Å². The monoisotopic (exact) mass is 839 g/mol. The maximum Gasteiger partial charge on any atom is 0.308 e. The van der Waals surface area contributed by atoms with Gasteiger partial charge in [-0.1, -0.05) is 103 Å². The molecule has 0 aromatic carbocycles. The van der Waals surface area contributed by atoms with Gasteiger partial charge in [-0.2, -0.15) is 0 Å². The van der Waals surface area contributed by atoms with Crippen LogP contribution in [0.15, 0.2) is 0 Å². The number of carbonyl (C=O) groups is 1. The first-order chi connectivity index (χ1) is 28.5. The highest BCUT2D eigenvalue weighted by Crippen LogP contribution is 2.14. The van der Waals surface area contributed by atoms with Gasteiger partial charge in [0.15, 0.2) is 0 Å². The molecule has 0 aliphatic carbocycles. The third-order valence-electron chi connectivity index (χ3n) is 8.73. The molecule has 0 atom stereocenters. The summed E-state index contributed by atoms with van der Waals surface area (Å²) in [5, 5.41) is 0. The zero-order valence-corrected chi connectivity index (χ0v) is 37.9. The molecule has 0 bridgehead atoms. The summed E-state index contributed by atoms with van der Waals surface area (Å²) in [7, 11) is 0. The zero-order valence-electron chi connectivity index (χ0n) is 37.9. The van der Waals surface area contributed by atoms with Gasteiger partial charge < -0.3 is 56.8 Å². The van der Waals surface area contributed by atoms with Crippen molar-refractivity contribution in [3.05, 3.63) is 0 Å². The van der Waals surface area contributed by atoms with Gasteiger partial charge in [0.05, 0.1) is 145 Å². The molecule has 0 aromatic heterocycles. The molecule has 0 fully saturated rings. The van der Waals surface area contributed by atoms with Crippen molar-refractivity contribution in [2.24, 2.45) is 0 Å². The second-order valence-electron chi connectivity index (χ2n) is 15.4. The number of rotatable bonds is 50. The quantitative estimate of drug-likeness (QED) is 0.0432. The average Bonchev–Trinajstić information content (AvgIpc) is 3.19. The van der Waals surface area contributed by atoms with E-state index in [2.05, 4.69) is 6.92 Å². The van der Waals surface area contributed by atoms with E-state index in [-0.39, 0.29) is 12.4 Å². The lowest BCUT2D eigenvalue weighted by Gasteiger charge is -2.19. The van der Waals surface area contributed by atoms with E-state index < -0.39 is 5.60 Å². The standard InChI is InChI=1S/C45H90O13/c1-5-6-7-8-9-10-11-12-13-14-15-16-17-18-19-20-22-47-24-26-49-28-30-51-32-34-53-36-38-55-40-42-57-43-41-56-39-37-54-35-33-52-31-29-50-27-25-48-23-21-44(46)58-45(2,3)4/h5-43H2,1-4H3. The molecule has 0 aliphatic heterocycles. The topological polar surface area (TPSA) is 128 Å². The average molecular weight is 839 g/mol. The lowest BCUT2D eigenvalue weighted by Crippen LogP contribution is -2.24. The lowest BCUT2D eigenvalue weighted by molar-refractivity contribution is -0.156. The Kier molecular flexibility index (Phi) is 47.9. The molecule has 0 radical (unpaired) electrons. The minimum atomic E-state index is -0.473. The second kappa shape index (κ2) is 48.7. The Hall–Kier alpha value is -0.970. The molecule has 0 saturated carbocycles. The van der Waals surface area contributed by atoms with E-state index in [1.807, 2.05) is 20.8 Å². The molecule has 0 N–H and O–H groups in total. The largest absolute Gasteiger partial charge is 0.460 e. The SMILES string of the molecule is CCCCCCCCCCCCCCCCCCOCCOCCOCCOCCOCCOCCOCCOCCOCCOCCOCCC(=O)OC(C)(C)C. The van der Waals surface area contributed by atoms with Crippen LogP contribution < -0.4 is 0 Å². The van der Waals surface area contributed by atoms with Crippen molar-refractivity contribution in [3.63, 3.8) is 0 Å². The minimum Gasteiger partial charge on any atom is -0.460 e. The van der Waals surface area contributed by atoms with E-state index in [9.17, 15) is 4.79 Å². The smallest absolute Gasteiger partial charge is 0.308 e. The Labute approximate surface area is 354 Å².